The van der Waals surface area contributed by atoms with Gasteiger partial charge in [-0.3, -0.25) is 9.59 Å². The standard InChI is InChI=1S/C15H20N2O2S/c1-11(20-2)8-9-16-13-10-14(18)17(15(13)19)12-6-4-3-5-7-12/h3-7,11,13,16H,8-10H2,1-2H3. The van der Waals surface area contributed by atoms with Gasteiger partial charge < -0.3 is 5.32 Å². The zero-order chi connectivity index (χ0) is 14.5. The maximum absolute atomic E-state index is 12.3. The van der Waals surface area contributed by atoms with Gasteiger partial charge in [-0.1, -0.05) is 25.1 Å². The second-order valence-electron chi connectivity index (χ2n) is 4.95. The van der Waals surface area contributed by atoms with E-state index >= 15 is 0 Å². The molecule has 2 amide bonds. The van der Waals surface area contributed by atoms with Crippen LogP contribution in [0.1, 0.15) is 19.8 Å². The number of nitrogens with one attached hydrogen (secondary N) is 1. The molecule has 0 spiro atoms. The molecule has 0 aliphatic carbocycles. The van der Waals surface area contributed by atoms with Crippen LogP contribution in [-0.4, -0.2) is 35.9 Å². The van der Waals surface area contributed by atoms with Crippen molar-refractivity contribution in [3.05, 3.63) is 30.3 Å². The predicted molar refractivity (Wildman–Crippen MR) is 82.9 cm³/mol. The first-order chi connectivity index (χ1) is 9.63. The summed E-state index contributed by atoms with van der Waals surface area (Å²) in [6.45, 7) is 2.92. The Hall–Kier alpha value is -1.33. The maximum atomic E-state index is 12.3. The number of rotatable bonds is 6. The summed E-state index contributed by atoms with van der Waals surface area (Å²) in [5.41, 5.74) is 0.657. The van der Waals surface area contributed by atoms with Crippen molar-refractivity contribution in [2.75, 3.05) is 17.7 Å². The Morgan fingerprint density at radius 2 is 2.05 bits per heavy atom. The molecule has 0 bridgehead atoms. The van der Waals surface area contributed by atoms with Crippen molar-refractivity contribution in [1.29, 1.82) is 0 Å². The number of anilines is 1. The quantitative estimate of drug-likeness (QED) is 0.815. The van der Waals surface area contributed by atoms with Crippen LogP contribution < -0.4 is 10.2 Å². The topological polar surface area (TPSA) is 49.4 Å². The minimum Gasteiger partial charge on any atom is -0.305 e. The number of thioether (sulfide) groups is 1. The van der Waals surface area contributed by atoms with Gasteiger partial charge in [-0.15, -0.1) is 0 Å². The molecule has 1 aliphatic heterocycles. The number of hydrogen-bond acceptors (Lipinski definition) is 4. The molecule has 1 heterocycles. The van der Waals surface area contributed by atoms with Crippen molar-refractivity contribution >= 4 is 29.3 Å². The Kier molecular flexibility index (Phi) is 5.20. The third kappa shape index (κ3) is 3.41. The monoisotopic (exact) mass is 292 g/mol. The normalized spacial score (nSPS) is 20.5. The number of amides is 2. The van der Waals surface area contributed by atoms with Gasteiger partial charge in [0.15, 0.2) is 0 Å². The fourth-order valence-corrected chi connectivity index (χ4v) is 2.57. The third-order valence-electron chi connectivity index (χ3n) is 3.50. The van der Waals surface area contributed by atoms with Crippen molar-refractivity contribution in [2.45, 2.75) is 31.1 Å². The van der Waals surface area contributed by atoms with Gasteiger partial charge in [-0.05, 0) is 31.4 Å². The zero-order valence-electron chi connectivity index (χ0n) is 11.8. The van der Waals surface area contributed by atoms with Crippen LogP contribution in [0, 0.1) is 0 Å². The largest absolute Gasteiger partial charge is 0.305 e. The predicted octanol–water partition coefficient (Wildman–Crippen LogP) is 2.05. The Balaban J connectivity index is 1.95. The summed E-state index contributed by atoms with van der Waals surface area (Å²) in [6.07, 6.45) is 3.32. The van der Waals surface area contributed by atoms with Gasteiger partial charge in [0.1, 0.15) is 0 Å². The highest BCUT2D eigenvalue weighted by Crippen LogP contribution is 2.22. The average Bonchev–Trinajstić information content (AvgIpc) is 2.74. The number of benzene rings is 1. The minimum absolute atomic E-state index is 0.128. The Morgan fingerprint density at radius 3 is 2.70 bits per heavy atom. The van der Waals surface area contributed by atoms with Crippen LogP contribution in [0.4, 0.5) is 5.69 Å². The number of carbonyl (C=O) groups excluding carboxylic acids is 2. The summed E-state index contributed by atoms with van der Waals surface area (Å²) in [6, 6.07) is 8.72. The molecule has 1 aromatic carbocycles. The van der Waals surface area contributed by atoms with Gasteiger partial charge >= 0.3 is 0 Å². The van der Waals surface area contributed by atoms with Crippen molar-refractivity contribution in [2.24, 2.45) is 0 Å². The fraction of sp³-hybridized carbons (Fsp3) is 0.467. The van der Waals surface area contributed by atoms with E-state index in [-0.39, 0.29) is 24.3 Å². The fourth-order valence-electron chi connectivity index (χ4n) is 2.22. The van der Waals surface area contributed by atoms with Crippen LogP contribution in [0.15, 0.2) is 30.3 Å². The van der Waals surface area contributed by atoms with E-state index in [2.05, 4.69) is 18.5 Å². The molecule has 2 atom stereocenters. The van der Waals surface area contributed by atoms with E-state index < -0.39 is 0 Å². The smallest absolute Gasteiger partial charge is 0.251 e. The lowest BCUT2D eigenvalue weighted by Gasteiger charge is -2.16. The van der Waals surface area contributed by atoms with Gasteiger partial charge in [0.25, 0.3) is 5.91 Å². The molecular weight excluding hydrogens is 272 g/mol. The highest BCUT2D eigenvalue weighted by molar-refractivity contribution is 7.99. The molecule has 1 saturated heterocycles. The van der Waals surface area contributed by atoms with Gasteiger partial charge in [0.2, 0.25) is 5.91 Å². The minimum atomic E-state index is -0.378. The van der Waals surface area contributed by atoms with E-state index in [0.29, 0.717) is 10.9 Å². The summed E-state index contributed by atoms with van der Waals surface area (Å²) >= 11 is 1.80. The molecule has 108 valence electrons. The van der Waals surface area contributed by atoms with Crippen LogP contribution in [0.25, 0.3) is 0 Å². The van der Waals surface area contributed by atoms with E-state index in [1.165, 1.54) is 4.90 Å². The molecule has 1 aliphatic rings. The molecule has 2 rings (SSSR count). The van der Waals surface area contributed by atoms with E-state index in [1.807, 2.05) is 18.2 Å². The molecule has 0 radical (unpaired) electrons. The molecule has 0 saturated carbocycles. The summed E-state index contributed by atoms with van der Waals surface area (Å²) in [5.74, 6) is -0.269. The molecule has 20 heavy (non-hydrogen) atoms. The first kappa shape index (κ1) is 15.1. The van der Waals surface area contributed by atoms with Crippen molar-refractivity contribution < 1.29 is 9.59 Å². The molecule has 2 unspecified atom stereocenters. The number of imide groups is 1. The maximum Gasteiger partial charge on any atom is 0.251 e. The lowest BCUT2D eigenvalue weighted by molar-refractivity contribution is -0.121. The molecule has 1 aromatic rings. The van der Waals surface area contributed by atoms with Gasteiger partial charge in [-0.25, -0.2) is 4.90 Å². The summed E-state index contributed by atoms with van der Waals surface area (Å²) in [7, 11) is 0. The Bertz CT molecular complexity index is 478. The molecule has 1 N–H and O–H groups in total. The Morgan fingerprint density at radius 1 is 1.35 bits per heavy atom. The second-order valence-corrected chi connectivity index (χ2v) is 6.22. The third-order valence-corrected chi connectivity index (χ3v) is 4.55. The second kappa shape index (κ2) is 6.90. The van der Waals surface area contributed by atoms with Gasteiger partial charge in [0, 0.05) is 5.25 Å². The van der Waals surface area contributed by atoms with Crippen molar-refractivity contribution in [3.8, 4) is 0 Å². The van der Waals surface area contributed by atoms with Crippen LogP contribution in [0.5, 0.6) is 0 Å². The number of para-hydroxylation sites is 1. The molecule has 4 nitrogen and oxygen atoms in total. The van der Waals surface area contributed by atoms with E-state index in [4.69, 9.17) is 0 Å². The lowest BCUT2D eigenvalue weighted by atomic mass is 10.2. The molecule has 0 aromatic heterocycles. The zero-order valence-corrected chi connectivity index (χ0v) is 12.7. The number of nitrogens with zero attached hydrogens (tertiary/aromatic N) is 1. The highest BCUT2D eigenvalue weighted by atomic mass is 32.2. The summed E-state index contributed by atoms with van der Waals surface area (Å²) < 4.78 is 0. The summed E-state index contributed by atoms with van der Waals surface area (Å²) in [5, 5.41) is 3.76. The highest BCUT2D eigenvalue weighted by Gasteiger charge is 2.38. The molecular formula is C15H20N2O2S. The first-order valence-electron chi connectivity index (χ1n) is 6.81. The Labute approximate surface area is 123 Å². The van der Waals surface area contributed by atoms with Gasteiger partial charge in [-0.2, -0.15) is 11.8 Å². The SMILES string of the molecule is CSC(C)CCNC1CC(=O)N(c2ccccc2)C1=O. The summed E-state index contributed by atoms with van der Waals surface area (Å²) in [4.78, 5) is 25.6. The first-order valence-corrected chi connectivity index (χ1v) is 8.10. The van der Waals surface area contributed by atoms with Gasteiger partial charge in [0.05, 0.1) is 18.2 Å². The lowest BCUT2D eigenvalue weighted by Crippen LogP contribution is -2.39. The van der Waals surface area contributed by atoms with E-state index in [0.717, 1.165) is 13.0 Å². The molecule has 1 fully saturated rings. The van der Waals surface area contributed by atoms with Crippen LogP contribution in [0.3, 0.4) is 0 Å². The number of carbonyl (C=O) groups is 2. The van der Waals surface area contributed by atoms with Crippen molar-refractivity contribution in [3.63, 3.8) is 0 Å². The van der Waals surface area contributed by atoms with E-state index in [1.54, 1.807) is 23.9 Å². The number of hydrogen-bond donors (Lipinski definition) is 1. The van der Waals surface area contributed by atoms with E-state index in [9.17, 15) is 9.59 Å². The van der Waals surface area contributed by atoms with Crippen LogP contribution in [-0.2, 0) is 9.59 Å². The molecule has 5 heteroatoms. The average molecular weight is 292 g/mol. The van der Waals surface area contributed by atoms with Crippen LogP contribution in [0.2, 0.25) is 0 Å². The van der Waals surface area contributed by atoms with Crippen LogP contribution >= 0.6 is 11.8 Å². The van der Waals surface area contributed by atoms with Crippen molar-refractivity contribution in [1.82, 2.24) is 5.32 Å².